The standard InChI is InChI=1S/C12H10N2O3S/c1-16-5-11-13-9(6-18-11)7-2-3-10-8(4-7)14-12(15)17-10/h2-4,6H,5H2,1H3,(H,14,15). The predicted molar refractivity (Wildman–Crippen MR) is 68.7 cm³/mol. The molecule has 3 rings (SSSR count). The molecule has 0 saturated heterocycles. The van der Waals surface area contributed by atoms with E-state index in [9.17, 15) is 4.79 Å². The van der Waals surface area contributed by atoms with Crippen LogP contribution in [0.25, 0.3) is 22.4 Å². The molecule has 3 aromatic rings. The highest BCUT2D eigenvalue weighted by molar-refractivity contribution is 7.09. The van der Waals surface area contributed by atoms with Crippen molar-refractivity contribution in [2.24, 2.45) is 0 Å². The van der Waals surface area contributed by atoms with E-state index >= 15 is 0 Å². The van der Waals surface area contributed by atoms with Crippen LogP contribution in [0.3, 0.4) is 0 Å². The van der Waals surface area contributed by atoms with Crippen molar-refractivity contribution >= 4 is 22.4 Å². The fourth-order valence-electron chi connectivity index (χ4n) is 1.74. The van der Waals surface area contributed by atoms with Crippen molar-refractivity contribution < 1.29 is 9.15 Å². The highest BCUT2D eigenvalue weighted by Gasteiger charge is 2.07. The summed E-state index contributed by atoms with van der Waals surface area (Å²) in [6, 6.07) is 5.49. The van der Waals surface area contributed by atoms with E-state index < -0.39 is 5.76 Å². The van der Waals surface area contributed by atoms with Crippen molar-refractivity contribution in [1.29, 1.82) is 0 Å². The maximum atomic E-state index is 11.1. The molecule has 0 aliphatic carbocycles. The lowest BCUT2D eigenvalue weighted by molar-refractivity contribution is 0.184. The van der Waals surface area contributed by atoms with Crippen molar-refractivity contribution in [2.75, 3.05) is 7.11 Å². The van der Waals surface area contributed by atoms with Gasteiger partial charge in [0.15, 0.2) is 5.58 Å². The van der Waals surface area contributed by atoms with Gasteiger partial charge in [0.25, 0.3) is 0 Å². The fraction of sp³-hybridized carbons (Fsp3) is 0.167. The molecule has 1 N–H and O–H groups in total. The fourth-order valence-corrected chi connectivity index (χ4v) is 2.52. The van der Waals surface area contributed by atoms with Crippen LogP contribution in [-0.2, 0) is 11.3 Å². The van der Waals surface area contributed by atoms with Crippen molar-refractivity contribution in [1.82, 2.24) is 9.97 Å². The van der Waals surface area contributed by atoms with Crippen molar-refractivity contribution in [3.05, 3.63) is 39.1 Å². The van der Waals surface area contributed by atoms with E-state index in [2.05, 4.69) is 9.97 Å². The van der Waals surface area contributed by atoms with Gasteiger partial charge in [0.05, 0.1) is 17.8 Å². The van der Waals surface area contributed by atoms with Gasteiger partial charge in [0.1, 0.15) is 5.01 Å². The molecule has 92 valence electrons. The van der Waals surface area contributed by atoms with Gasteiger partial charge in [0.2, 0.25) is 0 Å². The van der Waals surface area contributed by atoms with E-state index in [0.717, 1.165) is 16.3 Å². The molecule has 0 unspecified atom stereocenters. The molecule has 0 spiro atoms. The van der Waals surface area contributed by atoms with E-state index in [4.69, 9.17) is 9.15 Å². The molecule has 2 heterocycles. The predicted octanol–water partition coefficient (Wildman–Crippen LogP) is 2.39. The molecular weight excluding hydrogens is 252 g/mol. The molecule has 0 aliphatic heterocycles. The Hall–Kier alpha value is -1.92. The summed E-state index contributed by atoms with van der Waals surface area (Å²) in [5.41, 5.74) is 3.05. The first-order valence-corrected chi connectivity index (χ1v) is 6.21. The van der Waals surface area contributed by atoms with Crippen LogP contribution >= 0.6 is 11.3 Å². The number of nitrogens with zero attached hydrogens (tertiary/aromatic N) is 1. The number of nitrogens with one attached hydrogen (secondary N) is 1. The van der Waals surface area contributed by atoms with Gasteiger partial charge in [-0.2, -0.15) is 0 Å². The number of methoxy groups -OCH3 is 1. The maximum absolute atomic E-state index is 11.1. The topological polar surface area (TPSA) is 68.1 Å². The number of thiazole rings is 1. The number of ether oxygens (including phenoxy) is 1. The molecule has 18 heavy (non-hydrogen) atoms. The minimum absolute atomic E-state index is 0.444. The zero-order valence-corrected chi connectivity index (χ0v) is 10.4. The molecule has 0 aliphatic rings. The molecule has 0 fully saturated rings. The van der Waals surface area contributed by atoms with Gasteiger partial charge in [-0.1, -0.05) is 0 Å². The first-order valence-electron chi connectivity index (χ1n) is 5.33. The van der Waals surface area contributed by atoms with E-state index in [1.54, 1.807) is 24.5 Å². The van der Waals surface area contributed by atoms with Crippen LogP contribution in [0.4, 0.5) is 0 Å². The van der Waals surface area contributed by atoms with Crippen LogP contribution in [0.15, 0.2) is 32.8 Å². The molecular formula is C12H10N2O3S. The van der Waals surface area contributed by atoms with Crippen molar-refractivity contribution in [2.45, 2.75) is 6.61 Å². The molecule has 0 bridgehead atoms. The lowest BCUT2D eigenvalue weighted by Crippen LogP contribution is -1.92. The zero-order chi connectivity index (χ0) is 12.5. The van der Waals surface area contributed by atoms with Crippen molar-refractivity contribution in [3.63, 3.8) is 0 Å². The number of rotatable bonds is 3. The minimum Gasteiger partial charge on any atom is -0.408 e. The Labute approximate surface area is 106 Å². The monoisotopic (exact) mass is 262 g/mol. The average molecular weight is 262 g/mol. The molecule has 5 nitrogen and oxygen atoms in total. The number of aromatic amines is 1. The second kappa shape index (κ2) is 4.40. The highest BCUT2D eigenvalue weighted by Crippen LogP contribution is 2.24. The Morgan fingerprint density at radius 1 is 1.50 bits per heavy atom. The largest absolute Gasteiger partial charge is 0.417 e. The smallest absolute Gasteiger partial charge is 0.408 e. The third-order valence-electron chi connectivity index (χ3n) is 2.53. The Balaban J connectivity index is 2.04. The number of fused-ring (bicyclic) bond motifs is 1. The first kappa shape index (κ1) is 11.2. The van der Waals surface area contributed by atoms with Gasteiger partial charge in [-0.25, -0.2) is 9.78 Å². The van der Waals surface area contributed by atoms with Crippen LogP contribution in [0.5, 0.6) is 0 Å². The molecule has 1 aromatic carbocycles. The lowest BCUT2D eigenvalue weighted by Gasteiger charge is -1.96. The Kier molecular flexibility index (Phi) is 2.73. The van der Waals surface area contributed by atoms with Crippen molar-refractivity contribution in [3.8, 4) is 11.3 Å². The number of H-pyrrole nitrogens is 1. The van der Waals surface area contributed by atoms with Gasteiger partial charge < -0.3 is 9.15 Å². The van der Waals surface area contributed by atoms with Gasteiger partial charge in [-0.05, 0) is 18.2 Å². The van der Waals surface area contributed by atoms with E-state index in [1.165, 1.54) is 0 Å². The summed E-state index contributed by atoms with van der Waals surface area (Å²) in [6.45, 7) is 0.509. The third kappa shape index (κ3) is 1.96. The summed E-state index contributed by atoms with van der Waals surface area (Å²) in [7, 11) is 1.64. The minimum atomic E-state index is -0.444. The molecule has 0 radical (unpaired) electrons. The van der Waals surface area contributed by atoms with Gasteiger partial charge in [-0.3, -0.25) is 4.98 Å². The van der Waals surface area contributed by atoms with Crippen LogP contribution in [0, 0.1) is 0 Å². The average Bonchev–Trinajstić information content (AvgIpc) is 2.93. The number of hydrogen-bond donors (Lipinski definition) is 1. The summed E-state index contributed by atoms with van der Waals surface area (Å²) in [5.74, 6) is -0.444. The first-order chi connectivity index (χ1) is 8.76. The van der Waals surface area contributed by atoms with Crippen LogP contribution in [0.2, 0.25) is 0 Å². The number of hydrogen-bond acceptors (Lipinski definition) is 5. The van der Waals surface area contributed by atoms with Gasteiger partial charge in [-0.15, -0.1) is 11.3 Å². The Bertz CT molecular complexity index is 741. The van der Waals surface area contributed by atoms with E-state index in [1.807, 2.05) is 17.5 Å². The number of aromatic nitrogens is 2. The zero-order valence-electron chi connectivity index (χ0n) is 9.60. The van der Waals surface area contributed by atoms with E-state index in [-0.39, 0.29) is 0 Å². The van der Waals surface area contributed by atoms with E-state index in [0.29, 0.717) is 17.7 Å². The summed E-state index contributed by atoms with van der Waals surface area (Å²) in [4.78, 5) is 18.2. The van der Waals surface area contributed by atoms with Gasteiger partial charge in [0, 0.05) is 18.1 Å². The lowest BCUT2D eigenvalue weighted by atomic mass is 10.1. The summed E-state index contributed by atoms with van der Waals surface area (Å²) in [6.07, 6.45) is 0. The third-order valence-corrected chi connectivity index (χ3v) is 3.36. The SMILES string of the molecule is COCc1nc(-c2ccc3oc(=O)[nH]c3c2)cs1. The summed E-state index contributed by atoms with van der Waals surface area (Å²) < 4.78 is 9.99. The summed E-state index contributed by atoms with van der Waals surface area (Å²) >= 11 is 1.55. The number of oxazole rings is 1. The van der Waals surface area contributed by atoms with Crippen LogP contribution < -0.4 is 5.76 Å². The molecule has 0 amide bonds. The maximum Gasteiger partial charge on any atom is 0.417 e. The molecule has 0 atom stereocenters. The Morgan fingerprint density at radius 2 is 2.39 bits per heavy atom. The molecule has 6 heteroatoms. The highest BCUT2D eigenvalue weighted by atomic mass is 32.1. The van der Waals surface area contributed by atoms with Gasteiger partial charge >= 0.3 is 5.76 Å². The second-order valence-electron chi connectivity index (χ2n) is 3.78. The molecule has 0 saturated carbocycles. The normalized spacial score (nSPS) is 11.2. The summed E-state index contributed by atoms with van der Waals surface area (Å²) in [5, 5.41) is 2.89. The quantitative estimate of drug-likeness (QED) is 0.787. The second-order valence-corrected chi connectivity index (χ2v) is 4.73. The van der Waals surface area contributed by atoms with Crippen LogP contribution in [0.1, 0.15) is 5.01 Å². The van der Waals surface area contributed by atoms with Crippen LogP contribution in [-0.4, -0.2) is 17.1 Å². The Morgan fingerprint density at radius 3 is 3.22 bits per heavy atom. The number of benzene rings is 1. The molecule has 2 aromatic heterocycles.